The third-order valence-electron chi connectivity index (χ3n) is 14.4. The van der Waals surface area contributed by atoms with Crippen LogP contribution in [-0.2, 0) is 46.6 Å². The summed E-state index contributed by atoms with van der Waals surface area (Å²) in [7, 11) is 7.04. The molecule has 0 aromatic carbocycles. The Morgan fingerprint density at radius 2 is 0.938 bits per heavy atom. The minimum Gasteiger partial charge on any atom is -0.478 e. The maximum atomic E-state index is 13.8. The number of anilines is 1. The summed E-state index contributed by atoms with van der Waals surface area (Å²) in [6.07, 6.45) is 5.82. The van der Waals surface area contributed by atoms with Crippen LogP contribution in [0.15, 0.2) is 99.4 Å². The van der Waals surface area contributed by atoms with Crippen LogP contribution in [0.1, 0.15) is 123 Å². The molecular weight excluding hydrogens is 1740 g/mol. The molecule has 47 heteroatoms. The van der Waals surface area contributed by atoms with Crippen molar-refractivity contribution in [1.29, 1.82) is 0 Å². The lowest BCUT2D eigenvalue weighted by Crippen LogP contribution is -2.25. The largest absolute Gasteiger partial charge is 0.478 e. The maximum absolute atomic E-state index is 13.8. The minimum absolute atomic E-state index is 0.0106. The molecule has 0 amide bonds. The summed E-state index contributed by atoms with van der Waals surface area (Å²) in [6.45, 7) is 12.5. The maximum Gasteiger partial charge on any atom is 0.354 e. The molecule has 0 atom stereocenters. The van der Waals surface area contributed by atoms with Gasteiger partial charge in [0.2, 0.25) is 20.1 Å². The summed E-state index contributed by atoms with van der Waals surface area (Å²) in [5, 5.41) is 65.6. The third kappa shape index (κ3) is 21.8. The zero-order chi connectivity index (χ0) is 83.5. The molecule has 14 rings (SSSR count). The van der Waals surface area contributed by atoms with Crippen molar-refractivity contribution in [1.82, 2.24) is 103 Å². The molecule has 14 aromatic rings. The lowest BCUT2D eigenvalue weighted by molar-refractivity contribution is -0.154. The Kier molecular flexibility index (Phi) is 28.0. The molecule has 0 aliphatic carbocycles. The molecule has 36 nitrogen and oxygen atoms in total. The zero-order valence-corrected chi connectivity index (χ0v) is 66.8. The number of carboxylic acids is 4. The lowest BCUT2D eigenvalue weighted by Gasteiger charge is -2.19. The van der Waals surface area contributed by atoms with Crippen LogP contribution in [0, 0.1) is 51.0 Å². The van der Waals surface area contributed by atoms with E-state index in [1.165, 1.54) is 106 Å². The van der Waals surface area contributed by atoms with E-state index in [0.29, 0.717) is 47.5 Å². The molecule has 14 heterocycles. The van der Waals surface area contributed by atoms with Gasteiger partial charge in [-0.1, -0.05) is 0 Å². The van der Waals surface area contributed by atoms with E-state index in [1.54, 1.807) is 34.9 Å². The molecule has 0 fully saturated rings. The van der Waals surface area contributed by atoms with Crippen molar-refractivity contribution in [3.05, 3.63) is 189 Å². The van der Waals surface area contributed by atoms with Crippen LogP contribution < -0.4 is 5.73 Å². The molecule has 0 bridgehead atoms. The number of aryl methyl sites for hydroxylation is 7. The van der Waals surface area contributed by atoms with Crippen LogP contribution in [0.3, 0.4) is 0 Å². The first-order valence-corrected chi connectivity index (χ1v) is 35.6. The molecule has 0 saturated heterocycles. The van der Waals surface area contributed by atoms with E-state index in [4.69, 9.17) is 30.9 Å². The molecule has 0 aliphatic heterocycles. The van der Waals surface area contributed by atoms with Gasteiger partial charge in [-0.05, 0) is 120 Å². The number of rotatable bonds is 12. The number of carbonyl (C=O) groups excluding carboxylic acids is 3. The molecule has 0 radical (unpaired) electrons. The Morgan fingerprint density at radius 3 is 1.35 bits per heavy atom. The second-order valence-electron chi connectivity index (χ2n) is 23.9. The SMILES string of the molecule is CC(C)(C)OC(=O)Cc1cc2nc(Br)nn2cc1F.COC(=O)c1cc2nc(Br)nn2cc1F.COC(=O)c1cc2nc(N)nn2cc1F.Cc1cc(C)nc(-c2cnn(C)c2C(=O)O)c1.Cc1csc(-c2cnn(C)c2C(=O)O)n1.Cc1sc(-c2cnn(C)c2C(=O)O)nc1C(F)F.O=C(O)c1cc2nc(Br)nn2cc1F. The Bertz CT molecular complexity index is 5830. The average Bonchev–Trinajstić information content (AvgIpc) is 1.59. The van der Waals surface area contributed by atoms with E-state index < -0.39 is 82.6 Å². The van der Waals surface area contributed by atoms with Gasteiger partial charge in [-0.15, -0.1) is 43.1 Å². The van der Waals surface area contributed by atoms with E-state index in [0.717, 1.165) is 62.0 Å². The number of carbonyl (C=O) groups is 7. The van der Waals surface area contributed by atoms with Gasteiger partial charge in [-0.25, -0.2) is 98.1 Å². The second kappa shape index (κ2) is 36.6. The summed E-state index contributed by atoms with van der Waals surface area (Å²) in [4.78, 5) is 106. The van der Waals surface area contributed by atoms with Crippen LogP contribution in [-0.4, -0.2) is 185 Å². The number of alkyl halides is 2. The van der Waals surface area contributed by atoms with Crippen LogP contribution in [0.4, 0.5) is 32.3 Å². The molecule has 6 N–H and O–H groups in total. The highest BCUT2D eigenvalue weighted by atomic mass is 79.9. The van der Waals surface area contributed by atoms with Gasteiger partial charge in [0.25, 0.3) is 6.43 Å². The molecule has 0 spiro atoms. The van der Waals surface area contributed by atoms with Gasteiger partial charge in [-0.2, -0.15) is 20.3 Å². The third-order valence-corrected chi connectivity index (χ3v) is 17.4. The fourth-order valence-corrected chi connectivity index (χ4v) is 12.5. The average molecular weight is 1800 g/mol. The van der Waals surface area contributed by atoms with Gasteiger partial charge < -0.3 is 40.4 Å². The van der Waals surface area contributed by atoms with Crippen LogP contribution in [0.25, 0.3) is 55.0 Å². The van der Waals surface area contributed by atoms with Gasteiger partial charge in [0, 0.05) is 66.6 Å². The Balaban J connectivity index is 0.000000166. The number of aromatic carboxylic acids is 4. The van der Waals surface area contributed by atoms with Gasteiger partial charge in [0.05, 0.1) is 86.4 Å². The molecule has 0 saturated carbocycles. The van der Waals surface area contributed by atoms with Crippen molar-refractivity contribution in [3.63, 3.8) is 0 Å². The molecule has 113 heavy (non-hydrogen) atoms. The van der Waals surface area contributed by atoms with Gasteiger partial charge in [-0.3, -0.25) is 23.8 Å². The lowest BCUT2D eigenvalue weighted by atomic mass is 10.1. The molecule has 14 aromatic heterocycles. The highest BCUT2D eigenvalue weighted by Gasteiger charge is 2.26. The van der Waals surface area contributed by atoms with Crippen molar-refractivity contribution < 1.29 is 94.5 Å². The quantitative estimate of drug-likeness (QED) is 0.0431. The number of fused-ring (bicyclic) bond motifs is 4. The number of thiazole rings is 2. The van der Waals surface area contributed by atoms with E-state index in [2.05, 4.69) is 128 Å². The van der Waals surface area contributed by atoms with Crippen LogP contribution in [0.2, 0.25) is 0 Å². The Hall–Kier alpha value is -12.4. The smallest absolute Gasteiger partial charge is 0.354 e. The van der Waals surface area contributed by atoms with Crippen molar-refractivity contribution >= 4 is 141 Å². The Morgan fingerprint density at radius 1 is 0.522 bits per heavy atom. The number of carboxylic acid groups (broad SMARTS) is 4. The fraction of sp³-hybridized carbons (Fsp3) is 0.227. The van der Waals surface area contributed by atoms with Crippen LogP contribution >= 0.6 is 70.5 Å². The number of methoxy groups -OCH3 is 2. The monoisotopic (exact) mass is 1800 g/mol. The van der Waals surface area contributed by atoms with Gasteiger partial charge >= 0.3 is 41.8 Å². The molecular formula is C66H59Br3F6N22O14S2. The highest BCUT2D eigenvalue weighted by molar-refractivity contribution is 9.10. The van der Waals surface area contributed by atoms with E-state index >= 15 is 0 Å². The first-order valence-electron chi connectivity index (χ1n) is 31.5. The number of nitrogens with two attached hydrogens (primary N) is 1. The number of hydrogen-bond acceptors (Lipinski definition) is 27. The summed E-state index contributed by atoms with van der Waals surface area (Å²) in [5.74, 6) is -9.26. The highest BCUT2D eigenvalue weighted by Crippen LogP contribution is 2.34. The number of pyridine rings is 5. The number of nitrogens with zero attached hydrogens (tertiary/aromatic N) is 21. The van der Waals surface area contributed by atoms with E-state index in [1.807, 2.05) is 38.3 Å². The van der Waals surface area contributed by atoms with Gasteiger partial charge in [0.1, 0.15) is 43.8 Å². The van der Waals surface area contributed by atoms with Crippen molar-refractivity contribution in [3.8, 4) is 32.4 Å². The van der Waals surface area contributed by atoms with E-state index in [9.17, 15) is 59.9 Å². The first kappa shape index (κ1) is 86.2. The summed E-state index contributed by atoms with van der Waals surface area (Å²) < 4.78 is 103. The number of esters is 3. The standard InChI is InChI=1S/C12H13BrFN3O2.C12H13N3O2.C10H9F2N3O2S.C9H9N3O2S.C8H5BrFN3O2.C8H7FN4O2.C7H3BrFN3O2/c1-12(2,3)19-10(18)5-7-4-9-15-11(13)16-17(9)6-8(7)14;1-7-4-8(2)14-10(5-7)9-6-13-15(3)11(9)12(16)17;1-4-6(8(11)12)14-9(18-4)5-3-13-15(2)7(5)10(16)17;1-5-4-15-8(11-5)6-3-10-12(2)7(6)9(13)14;1-15-7(14)4-2-6-11-8(9)12-13(6)3-5(4)10;1-15-7(14)4-2-6-11-8(10)12-13(6)3-5(4)9;8-7-10-5-1-3(6(13)14)4(9)2-12(5)11-7/h4,6H,5H2,1-3H3;4-6H,1-3H3,(H,16,17);3,8H,1-2H3,(H,16,17);3-4H,1-2H3,(H,13,14);2-3H,1H3;2-3H,1H3,(H2,10,12);1-2H,(H,13,14). The summed E-state index contributed by atoms with van der Waals surface area (Å²) in [6, 6.07) is 8.91. The number of ether oxygens (including phenoxy) is 3. The number of nitrogen functional groups attached to an aromatic ring is 1. The predicted octanol–water partition coefficient (Wildman–Crippen LogP) is 11.3. The molecule has 0 aliphatic rings. The number of hydrogen-bond donors (Lipinski definition) is 5. The normalized spacial score (nSPS) is 10.9. The van der Waals surface area contributed by atoms with Gasteiger partial charge in [0.15, 0.2) is 57.1 Å². The minimum atomic E-state index is -2.67. The summed E-state index contributed by atoms with van der Waals surface area (Å²) >= 11 is 11.6. The second-order valence-corrected chi connectivity index (χ2v) is 28.0. The zero-order valence-electron chi connectivity index (χ0n) is 60.4. The Labute approximate surface area is 663 Å². The molecule has 592 valence electrons. The van der Waals surface area contributed by atoms with Crippen molar-refractivity contribution in [2.45, 2.75) is 66.9 Å². The number of halogens is 9. The number of aromatic nitrogens is 21. The van der Waals surface area contributed by atoms with E-state index in [-0.39, 0.29) is 78.4 Å². The topological polar surface area (TPSA) is 467 Å². The van der Waals surface area contributed by atoms with Crippen molar-refractivity contribution in [2.24, 2.45) is 21.1 Å². The van der Waals surface area contributed by atoms with Crippen molar-refractivity contribution in [2.75, 3.05) is 20.0 Å². The molecule has 0 unspecified atom stereocenters. The summed E-state index contributed by atoms with van der Waals surface area (Å²) in [5.41, 5.74) is 10.3. The first-order chi connectivity index (χ1) is 53.0. The van der Waals surface area contributed by atoms with Crippen LogP contribution in [0.5, 0.6) is 0 Å². The fourth-order valence-electron chi connectivity index (χ4n) is 9.71. The predicted molar refractivity (Wildman–Crippen MR) is 398 cm³/mol.